The van der Waals surface area contributed by atoms with Gasteiger partial charge in [0.1, 0.15) is 0 Å². The number of carbonyl (C=O) groups is 3. The summed E-state index contributed by atoms with van der Waals surface area (Å²) in [6.45, 7) is 3.10. The van der Waals surface area contributed by atoms with Gasteiger partial charge in [-0.1, -0.05) is 47.5 Å². The van der Waals surface area contributed by atoms with Crippen molar-refractivity contribution in [2.75, 3.05) is 31.1 Å². The lowest BCUT2D eigenvalue weighted by Crippen LogP contribution is -2.48. The Morgan fingerprint density at radius 3 is 1.97 bits per heavy atom. The molecular formula is C26H21Cl2N3O3. The van der Waals surface area contributed by atoms with Crippen LogP contribution in [-0.4, -0.2) is 53.7 Å². The van der Waals surface area contributed by atoms with E-state index < -0.39 is 0 Å². The topological polar surface area (TPSA) is 60.9 Å². The van der Waals surface area contributed by atoms with E-state index in [-0.39, 0.29) is 17.7 Å². The average Bonchev–Trinajstić information content (AvgIpc) is 3.11. The highest BCUT2D eigenvalue weighted by molar-refractivity contribution is 6.36. The number of piperazine rings is 1. The highest BCUT2D eigenvalue weighted by Gasteiger charge is 2.36. The van der Waals surface area contributed by atoms with Crippen molar-refractivity contribution in [3.8, 4) is 0 Å². The van der Waals surface area contributed by atoms with Gasteiger partial charge >= 0.3 is 0 Å². The molecular weight excluding hydrogens is 473 g/mol. The van der Waals surface area contributed by atoms with Gasteiger partial charge in [0.25, 0.3) is 17.7 Å². The Labute approximate surface area is 207 Å². The Kier molecular flexibility index (Phi) is 6.13. The molecule has 2 heterocycles. The van der Waals surface area contributed by atoms with E-state index in [0.29, 0.717) is 65.1 Å². The number of benzene rings is 3. The number of carbonyl (C=O) groups excluding carboxylic acids is 3. The third kappa shape index (κ3) is 4.09. The molecule has 34 heavy (non-hydrogen) atoms. The Morgan fingerprint density at radius 1 is 0.765 bits per heavy atom. The molecule has 6 nitrogen and oxygen atoms in total. The fraction of sp³-hybridized carbons (Fsp3) is 0.192. The molecule has 0 N–H and O–H groups in total. The van der Waals surface area contributed by atoms with Crippen LogP contribution >= 0.6 is 23.2 Å². The van der Waals surface area contributed by atoms with E-state index in [4.69, 9.17) is 23.2 Å². The summed E-state index contributed by atoms with van der Waals surface area (Å²) in [5, 5.41) is 1.27. The zero-order valence-corrected chi connectivity index (χ0v) is 19.7. The lowest BCUT2D eigenvalue weighted by atomic mass is 10.1. The van der Waals surface area contributed by atoms with Crippen LogP contribution in [0.1, 0.15) is 36.6 Å². The zero-order chi connectivity index (χ0) is 23.8. The van der Waals surface area contributed by atoms with Gasteiger partial charge in [0, 0.05) is 53.9 Å². The van der Waals surface area contributed by atoms with Crippen molar-refractivity contribution in [3.05, 3.63) is 99.0 Å². The number of hydrogen-bond acceptors (Lipinski definition) is 4. The molecule has 3 aromatic rings. The van der Waals surface area contributed by atoms with Crippen molar-refractivity contribution in [1.29, 1.82) is 0 Å². The van der Waals surface area contributed by atoms with E-state index in [9.17, 15) is 14.4 Å². The summed E-state index contributed by atoms with van der Waals surface area (Å²) in [6.07, 6.45) is 0. The first-order chi connectivity index (χ1) is 16.4. The number of rotatable bonds is 4. The number of anilines is 1. The Balaban J connectivity index is 1.27. The molecule has 0 unspecified atom stereocenters. The first-order valence-electron chi connectivity index (χ1n) is 11.0. The quantitative estimate of drug-likeness (QED) is 0.492. The number of hydrogen-bond donors (Lipinski definition) is 0. The molecule has 8 heteroatoms. The van der Waals surface area contributed by atoms with Crippen LogP contribution < -0.4 is 4.90 Å². The standard InChI is InChI=1S/C26H21Cl2N3O3/c27-22-9-4-10-23(28)21(22)16-29-11-13-30(14-12-29)24(32)17-5-3-6-18(15-17)31-25(33)19-7-1-2-8-20(19)26(31)34/h1-10,15H,11-14,16H2. The van der Waals surface area contributed by atoms with E-state index >= 15 is 0 Å². The van der Waals surface area contributed by atoms with E-state index in [0.717, 1.165) is 10.5 Å². The second-order valence-electron chi connectivity index (χ2n) is 8.31. The molecule has 5 rings (SSSR count). The molecule has 1 fully saturated rings. The van der Waals surface area contributed by atoms with Crippen LogP contribution in [0.4, 0.5) is 5.69 Å². The summed E-state index contributed by atoms with van der Waals surface area (Å²) in [4.78, 5) is 43.9. The van der Waals surface area contributed by atoms with Gasteiger partial charge in [-0.05, 0) is 42.5 Å². The van der Waals surface area contributed by atoms with Crippen LogP contribution in [0.2, 0.25) is 10.0 Å². The molecule has 0 aromatic heterocycles. The molecule has 2 aliphatic rings. The molecule has 0 bridgehead atoms. The fourth-order valence-electron chi connectivity index (χ4n) is 4.40. The second kappa shape index (κ2) is 9.22. The smallest absolute Gasteiger partial charge is 0.266 e. The molecule has 0 aliphatic carbocycles. The lowest BCUT2D eigenvalue weighted by Gasteiger charge is -2.35. The van der Waals surface area contributed by atoms with Crippen LogP contribution in [0, 0.1) is 0 Å². The van der Waals surface area contributed by atoms with E-state index in [2.05, 4.69) is 4.90 Å². The maximum absolute atomic E-state index is 13.2. The summed E-state index contributed by atoms with van der Waals surface area (Å²) in [5.41, 5.74) is 2.47. The maximum atomic E-state index is 13.2. The minimum Gasteiger partial charge on any atom is -0.336 e. The van der Waals surface area contributed by atoms with Crippen molar-refractivity contribution in [2.24, 2.45) is 0 Å². The van der Waals surface area contributed by atoms with Crippen molar-refractivity contribution in [1.82, 2.24) is 9.80 Å². The number of amides is 3. The normalized spacial score (nSPS) is 16.2. The van der Waals surface area contributed by atoms with Crippen molar-refractivity contribution in [2.45, 2.75) is 6.54 Å². The Morgan fingerprint density at radius 2 is 1.35 bits per heavy atom. The van der Waals surface area contributed by atoms with Gasteiger partial charge in [-0.25, -0.2) is 4.90 Å². The van der Waals surface area contributed by atoms with Crippen LogP contribution in [0.3, 0.4) is 0 Å². The minimum absolute atomic E-state index is 0.131. The van der Waals surface area contributed by atoms with Crippen molar-refractivity contribution < 1.29 is 14.4 Å². The Hall–Kier alpha value is -3.19. The Bertz CT molecular complexity index is 1250. The number of halogens is 2. The predicted octanol–water partition coefficient (Wildman–Crippen LogP) is 4.75. The van der Waals surface area contributed by atoms with E-state index in [1.807, 2.05) is 18.2 Å². The van der Waals surface area contributed by atoms with Crippen LogP contribution in [0.5, 0.6) is 0 Å². The summed E-state index contributed by atoms with van der Waals surface area (Å²) in [5.74, 6) is -0.886. The minimum atomic E-state index is -0.378. The monoisotopic (exact) mass is 493 g/mol. The molecule has 0 atom stereocenters. The SMILES string of the molecule is O=C(c1cccc(N2C(=O)c3ccccc3C2=O)c1)N1CCN(Cc2c(Cl)cccc2Cl)CC1. The molecule has 0 spiro atoms. The van der Waals surface area contributed by atoms with Crippen LogP contribution in [0.15, 0.2) is 66.7 Å². The number of fused-ring (bicyclic) bond motifs is 1. The molecule has 0 radical (unpaired) electrons. The molecule has 0 saturated carbocycles. The third-order valence-corrected chi connectivity index (χ3v) is 6.96. The van der Waals surface area contributed by atoms with Gasteiger partial charge in [0.05, 0.1) is 16.8 Å². The van der Waals surface area contributed by atoms with Gasteiger partial charge in [-0.2, -0.15) is 0 Å². The molecule has 3 aromatic carbocycles. The lowest BCUT2D eigenvalue weighted by molar-refractivity contribution is 0.0628. The third-order valence-electron chi connectivity index (χ3n) is 6.25. The second-order valence-corrected chi connectivity index (χ2v) is 9.12. The van der Waals surface area contributed by atoms with Gasteiger partial charge in [-0.15, -0.1) is 0 Å². The first-order valence-corrected chi connectivity index (χ1v) is 11.7. The van der Waals surface area contributed by atoms with Gasteiger partial charge in [-0.3, -0.25) is 19.3 Å². The average molecular weight is 494 g/mol. The number of imide groups is 1. The molecule has 3 amide bonds. The largest absolute Gasteiger partial charge is 0.336 e. The summed E-state index contributed by atoms with van der Waals surface area (Å²) in [7, 11) is 0. The van der Waals surface area contributed by atoms with E-state index in [1.54, 1.807) is 53.4 Å². The molecule has 1 saturated heterocycles. The van der Waals surface area contributed by atoms with Crippen LogP contribution in [-0.2, 0) is 6.54 Å². The van der Waals surface area contributed by atoms with E-state index in [1.165, 1.54) is 0 Å². The molecule has 2 aliphatic heterocycles. The summed E-state index contributed by atoms with van der Waals surface area (Å²) in [6, 6.07) is 18.9. The zero-order valence-electron chi connectivity index (χ0n) is 18.2. The van der Waals surface area contributed by atoms with Crippen molar-refractivity contribution >= 4 is 46.6 Å². The van der Waals surface area contributed by atoms with Gasteiger partial charge in [0.15, 0.2) is 0 Å². The summed E-state index contributed by atoms with van der Waals surface area (Å²) >= 11 is 12.6. The highest BCUT2D eigenvalue weighted by atomic mass is 35.5. The predicted molar refractivity (Wildman–Crippen MR) is 132 cm³/mol. The van der Waals surface area contributed by atoms with Gasteiger partial charge in [0.2, 0.25) is 0 Å². The number of nitrogens with zero attached hydrogens (tertiary/aromatic N) is 3. The highest BCUT2D eigenvalue weighted by Crippen LogP contribution is 2.29. The fourth-order valence-corrected chi connectivity index (χ4v) is 4.92. The first kappa shape index (κ1) is 22.6. The van der Waals surface area contributed by atoms with Crippen molar-refractivity contribution in [3.63, 3.8) is 0 Å². The summed E-state index contributed by atoms with van der Waals surface area (Å²) < 4.78 is 0. The maximum Gasteiger partial charge on any atom is 0.266 e. The van der Waals surface area contributed by atoms with Gasteiger partial charge < -0.3 is 4.90 Å². The molecule has 172 valence electrons. The van der Waals surface area contributed by atoms with Crippen LogP contribution in [0.25, 0.3) is 0 Å².